The van der Waals surface area contributed by atoms with Crippen molar-refractivity contribution in [1.29, 1.82) is 0 Å². The number of nitrogens with zero attached hydrogens (tertiary/aromatic N) is 3. The molecular formula is C30H25F3N4O3. The Balaban J connectivity index is 1.39. The van der Waals surface area contributed by atoms with Crippen molar-refractivity contribution in [1.82, 2.24) is 14.8 Å². The van der Waals surface area contributed by atoms with Crippen molar-refractivity contribution < 1.29 is 27.4 Å². The Labute approximate surface area is 228 Å². The molecule has 0 spiro atoms. The average molecular weight is 547 g/mol. The van der Waals surface area contributed by atoms with Crippen LogP contribution in [0.4, 0.5) is 18.9 Å². The number of fused-ring (bicyclic) bond motifs is 1. The van der Waals surface area contributed by atoms with E-state index in [0.717, 1.165) is 22.9 Å². The predicted molar refractivity (Wildman–Crippen MR) is 146 cm³/mol. The second-order valence-corrected chi connectivity index (χ2v) is 8.81. The summed E-state index contributed by atoms with van der Waals surface area (Å²) in [5.74, 6) is 0.0442. The first-order chi connectivity index (χ1) is 19.3. The van der Waals surface area contributed by atoms with Gasteiger partial charge in [0.05, 0.1) is 17.9 Å². The van der Waals surface area contributed by atoms with E-state index in [2.05, 4.69) is 15.4 Å². The van der Waals surface area contributed by atoms with E-state index < -0.39 is 11.7 Å². The number of halogens is 3. The highest BCUT2D eigenvalue weighted by Crippen LogP contribution is 2.32. The lowest BCUT2D eigenvalue weighted by Crippen LogP contribution is -2.12. The zero-order valence-electron chi connectivity index (χ0n) is 21.5. The van der Waals surface area contributed by atoms with Crippen molar-refractivity contribution in [2.75, 3.05) is 25.1 Å². The summed E-state index contributed by atoms with van der Waals surface area (Å²) < 4.78 is 51.6. The Hall–Kier alpha value is -4.70. The summed E-state index contributed by atoms with van der Waals surface area (Å²) in [5, 5.41) is 9.30. The number of carbonyl (C=O) groups is 1. The summed E-state index contributed by atoms with van der Waals surface area (Å²) in [6.07, 6.45) is -4.45. The Morgan fingerprint density at radius 2 is 1.62 bits per heavy atom. The van der Waals surface area contributed by atoms with Crippen LogP contribution in [0.2, 0.25) is 0 Å². The van der Waals surface area contributed by atoms with Crippen LogP contribution in [-0.4, -0.2) is 40.5 Å². The van der Waals surface area contributed by atoms with E-state index in [1.807, 2.05) is 43.3 Å². The van der Waals surface area contributed by atoms with Crippen LogP contribution < -0.4 is 10.1 Å². The minimum absolute atomic E-state index is 0.0586. The number of benzene rings is 4. The molecule has 5 aromatic rings. The number of amides is 1. The quantitative estimate of drug-likeness (QED) is 0.206. The summed E-state index contributed by atoms with van der Waals surface area (Å²) in [5.41, 5.74) is 1.32. The second kappa shape index (κ2) is 11.6. The molecule has 4 aromatic carbocycles. The zero-order chi connectivity index (χ0) is 28.1. The minimum Gasteiger partial charge on any atom is -0.460 e. The number of hydrogen-bond donors (Lipinski definition) is 1. The normalized spacial score (nSPS) is 11.5. The lowest BCUT2D eigenvalue weighted by molar-refractivity contribution is -0.137. The molecule has 0 atom stereocenters. The third-order valence-corrected chi connectivity index (χ3v) is 6.10. The van der Waals surface area contributed by atoms with Gasteiger partial charge in [0.1, 0.15) is 6.61 Å². The maximum atomic E-state index is 13.1. The summed E-state index contributed by atoms with van der Waals surface area (Å²) >= 11 is 0. The maximum Gasteiger partial charge on any atom is 0.416 e. The monoisotopic (exact) mass is 546 g/mol. The molecule has 0 aliphatic carbocycles. The maximum absolute atomic E-state index is 13.1. The van der Waals surface area contributed by atoms with Gasteiger partial charge in [0.25, 0.3) is 5.91 Å². The van der Waals surface area contributed by atoms with Crippen molar-refractivity contribution in [3.8, 4) is 23.1 Å². The van der Waals surface area contributed by atoms with Gasteiger partial charge < -0.3 is 14.8 Å². The first kappa shape index (κ1) is 26.9. The van der Waals surface area contributed by atoms with Crippen LogP contribution >= 0.6 is 0 Å². The molecule has 0 aliphatic rings. The Bertz CT molecular complexity index is 1610. The van der Waals surface area contributed by atoms with E-state index in [-0.39, 0.29) is 18.5 Å². The lowest BCUT2D eigenvalue weighted by Gasteiger charge is -2.10. The standard InChI is InChI=1S/C30H25F3N4O3/c1-2-39-17-18-40-29-35-27(21-9-11-24(12-10-21)30(31,32)33)37(36-29)26-15-13-25(14-16-26)34-28(38)23-8-7-20-5-3-4-6-22(20)19-23/h3-16,19H,2,17-18H2,1H3,(H,34,38). The zero-order valence-corrected chi connectivity index (χ0v) is 21.5. The molecule has 0 aliphatic heterocycles. The molecule has 0 unspecified atom stereocenters. The lowest BCUT2D eigenvalue weighted by atomic mass is 10.1. The summed E-state index contributed by atoms with van der Waals surface area (Å²) in [6, 6.07) is 24.9. The molecule has 5 rings (SSSR count). The number of carbonyl (C=O) groups excluding carboxylic acids is 1. The summed E-state index contributed by atoms with van der Waals surface area (Å²) in [4.78, 5) is 17.3. The molecule has 0 bridgehead atoms. The fourth-order valence-corrected chi connectivity index (χ4v) is 4.09. The highest BCUT2D eigenvalue weighted by Gasteiger charge is 2.30. The molecule has 0 saturated heterocycles. The summed E-state index contributed by atoms with van der Waals surface area (Å²) in [6.45, 7) is 2.95. The van der Waals surface area contributed by atoms with Gasteiger partial charge in [0, 0.05) is 23.4 Å². The van der Waals surface area contributed by atoms with Gasteiger partial charge in [-0.15, -0.1) is 5.10 Å². The van der Waals surface area contributed by atoms with Crippen molar-refractivity contribution in [3.05, 3.63) is 102 Å². The van der Waals surface area contributed by atoms with Crippen molar-refractivity contribution in [2.24, 2.45) is 0 Å². The van der Waals surface area contributed by atoms with Gasteiger partial charge in [-0.25, -0.2) is 4.68 Å². The Morgan fingerprint density at radius 3 is 2.33 bits per heavy atom. The van der Waals surface area contributed by atoms with Crippen molar-refractivity contribution in [3.63, 3.8) is 0 Å². The highest BCUT2D eigenvalue weighted by molar-refractivity contribution is 6.06. The molecule has 7 nitrogen and oxygen atoms in total. The van der Waals surface area contributed by atoms with E-state index >= 15 is 0 Å². The van der Waals surface area contributed by atoms with Crippen molar-refractivity contribution in [2.45, 2.75) is 13.1 Å². The average Bonchev–Trinajstić information content (AvgIpc) is 3.39. The smallest absolute Gasteiger partial charge is 0.416 e. The third kappa shape index (κ3) is 6.13. The fourth-order valence-electron chi connectivity index (χ4n) is 4.09. The number of alkyl halides is 3. The molecule has 0 fully saturated rings. The molecule has 1 N–H and O–H groups in total. The van der Waals surface area contributed by atoms with Gasteiger partial charge in [-0.3, -0.25) is 4.79 Å². The second-order valence-electron chi connectivity index (χ2n) is 8.81. The van der Waals surface area contributed by atoms with E-state index in [0.29, 0.717) is 41.5 Å². The van der Waals surface area contributed by atoms with Crippen LogP contribution in [0, 0.1) is 0 Å². The molecule has 1 heterocycles. The van der Waals surface area contributed by atoms with E-state index in [9.17, 15) is 18.0 Å². The molecule has 1 aromatic heterocycles. The van der Waals surface area contributed by atoms with Crippen LogP contribution in [0.5, 0.6) is 6.01 Å². The van der Waals surface area contributed by atoms with Gasteiger partial charge in [0.15, 0.2) is 5.82 Å². The van der Waals surface area contributed by atoms with Crippen LogP contribution in [-0.2, 0) is 10.9 Å². The van der Waals surface area contributed by atoms with E-state index in [1.165, 1.54) is 16.8 Å². The first-order valence-corrected chi connectivity index (χ1v) is 12.6. The molecule has 1 amide bonds. The van der Waals surface area contributed by atoms with Gasteiger partial charge in [0.2, 0.25) is 0 Å². The number of rotatable bonds is 9. The van der Waals surface area contributed by atoms with E-state index in [1.54, 1.807) is 30.3 Å². The highest BCUT2D eigenvalue weighted by atomic mass is 19.4. The molecule has 10 heteroatoms. The molecule has 0 radical (unpaired) electrons. The minimum atomic E-state index is -4.45. The van der Waals surface area contributed by atoms with Crippen LogP contribution in [0.25, 0.3) is 27.8 Å². The largest absolute Gasteiger partial charge is 0.460 e. The Morgan fingerprint density at radius 1 is 0.900 bits per heavy atom. The molecule has 204 valence electrons. The van der Waals surface area contributed by atoms with Gasteiger partial charge in [-0.05, 0) is 66.2 Å². The topological polar surface area (TPSA) is 78.3 Å². The number of anilines is 1. The van der Waals surface area contributed by atoms with Crippen molar-refractivity contribution >= 4 is 22.4 Å². The van der Waals surface area contributed by atoms with Gasteiger partial charge in [-0.2, -0.15) is 18.2 Å². The molecule has 40 heavy (non-hydrogen) atoms. The first-order valence-electron chi connectivity index (χ1n) is 12.6. The van der Waals surface area contributed by atoms with Crippen LogP contribution in [0.15, 0.2) is 91.0 Å². The summed E-state index contributed by atoms with van der Waals surface area (Å²) in [7, 11) is 0. The SMILES string of the molecule is CCOCCOc1nc(-c2ccc(C(F)(F)F)cc2)n(-c2ccc(NC(=O)c3ccc4ccccc4c3)cc2)n1. The number of ether oxygens (including phenoxy) is 2. The number of nitrogens with one attached hydrogen (secondary N) is 1. The Kier molecular flexibility index (Phi) is 7.79. The van der Waals surface area contributed by atoms with Gasteiger partial charge >= 0.3 is 12.2 Å². The number of hydrogen-bond acceptors (Lipinski definition) is 5. The molecule has 0 saturated carbocycles. The number of aromatic nitrogens is 3. The third-order valence-electron chi connectivity index (χ3n) is 6.10. The van der Waals surface area contributed by atoms with Crippen LogP contribution in [0.3, 0.4) is 0 Å². The molecular weight excluding hydrogens is 521 g/mol. The van der Waals surface area contributed by atoms with Crippen LogP contribution in [0.1, 0.15) is 22.8 Å². The fraction of sp³-hybridized carbons (Fsp3) is 0.167. The van der Waals surface area contributed by atoms with Gasteiger partial charge in [-0.1, -0.05) is 42.5 Å². The van der Waals surface area contributed by atoms with E-state index in [4.69, 9.17) is 9.47 Å². The predicted octanol–water partition coefficient (Wildman–Crippen LogP) is 6.77.